The van der Waals surface area contributed by atoms with E-state index in [1.54, 1.807) is 11.2 Å². The standard InChI is InChI=1S/C16H20N2O8/c1-23-13(19)4-6-15(21)25-11-12(10-18-9-3-8-17-18)26-16(22)7-5-14(20)24-2/h3-8,12,17H,9-11H2,1-2H3/b6-4+,7-5+. The van der Waals surface area contributed by atoms with Crippen LogP contribution in [0.3, 0.4) is 0 Å². The second-order valence-corrected chi connectivity index (χ2v) is 4.84. The minimum atomic E-state index is -0.812. The molecule has 1 aliphatic rings. The van der Waals surface area contributed by atoms with E-state index in [0.717, 1.165) is 24.3 Å². The third-order valence-corrected chi connectivity index (χ3v) is 2.93. The Bertz CT molecular complexity index is 603. The molecule has 0 aromatic carbocycles. The van der Waals surface area contributed by atoms with Crippen molar-refractivity contribution in [2.75, 3.05) is 33.9 Å². The van der Waals surface area contributed by atoms with E-state index in [2.05, 4.69) is 14.9 Å². The molecule has 1 atom stereocenters. The molecule has 0 saturated carbocycles. The minimum Gasteiger partial charge on any atom is -0.466 e. The molecule has 0 aliphatic carbocycles. The van der Waals surface area contributed by atoms with Crippen molar-refractivity contribution in [2.45, 2.75) is 6.10 Å². The number of hydrogen-bond donors (Lipinski definition) is 1. The molecule has 0 aromatic heterocycles. The van der Waals surface area contributed by atoms with Gasteiger partial charge < -0.3 is 24.4 Å². The Hall–Kier alpha value is -3.14. The number of ether oxygens (including phenoxy) is 4. The summed E-state index contributed by atoms with van der Waals surface area (Å²) in [6.07, 6.45) is 6.38. The van der Waals surface area contributed by atoms with Crippen LogP contribution >= 0.6 is 0 Å². The smallest absolute Gasteiger partial charge is 0.331 e. The largest absolute Gasteiger partial charge is 0.466 e. The van der Waals surface area contributed by atoms with Crippen molar-refractivity contribution in [1.29, 1.82) is 0 Å². The molecule has 1 rings (SSSR count). The van der Waals surface area contributed by atoms with E-state index >= 15 is 0 Å². The van der Waals surface area contributed by atoms with Crippen LogP contribution in [0.15, 0.2) is 36.6 Å². The first-order valence-corrected chi connectivity index (χ1v) is 7.50. The van der Waals surface area contributed by atoms with Crippen molar-refractivity contribution in [1.82, 2.24) is 10.4 Å². The van der Waals surface area contributed by atoms with Crippen LogP contribution in [0.25, 0.3) is 0 Å². The van der Waals surface area contributed by atoms with E-state index in [-0.39, 0.29) is 13.2 Å². The average molecular weight is 368 g/mol. The van der Waals surface area contributed by atoms with E-state index in [4.69, 9.17) is 9.47 Å². The fourth-order valence-corrected chi connectivity index (χ4v) is 1.72. The van der Waals surface area contributed by atoms with Gasteiger partial charge in [0.2, 0.25) is 0 Å². The molecule has 0 fully saturated rings. The summed E-state index contributed by atoms with van der Waals surface area (Å²) < 4.78 is 18.9. The summed E-state index contributed by atoms with van der Waals surface area (Å²) in [5.74, 6) is -3.00. The molecule has 1 aliphatic heterocycles. The lowest BCUT2D eigenvalue weighted by molar-refractivity contribution is -0.154. The lowest BCUT2D eigenvalue weighted by Crippen LogP contribution is -2.41. The number of nitrogens with one attached hydrogen (secondary N) is 1. The topological polar surface area (TPSA) is 120 Å². The van der Waals surface area contributed by atoms with Gasteiger partial charge in [0.15, 0.2) is 6.10 Å². The highest BCUT2D eigenvalue weighted by atomic mass is 16.6. The molecule has 0 aromatic rings. The van der Waals surface area contributed by atoms with Gasteiger partial charge in [0, 0.05) is 37.0 Å². The maximum Gasteiger partial charge on any atom is 0.331 e. The second kappa shape index (κ2) is 11.4. The highest BCUT2D eigenvalue weighted by molar-refractivity contribution is 5.92. The molecular formula is C16H20N2O8. The number of carbonyl (C=O) groups excluding carboxylic acids is 4. The lowest BCUT2D eigenvalue weighted by atomic mass is 10.3. The maximum absolute atomic E-state index is 11.8. The van der Waals surface area contributed by atoms with Crippen molar-refractivity contribution in [2.24, 2.45) is 0 Å². The SMILES string of the molecule is COC(=O)/C=C/C(=O)OCC(CN1CC=CN1)OC(=O)/C=C/C(=O)OC. The van der Waals surface area contributed by atoms with Crippen molar-refractivity contribution in [3.05, 3.63) is 36.6 Å². The maximum atomic E-state index is 11.8. The number of hydrogen-bond acceptors (Lipinski definition) is 10. The predicted molar refractivity (Wildman–Crippen MR) is 87.0 cm³/mol. The van der Waals surface area contributed by atoms with E-state index in [9.17, 15) is 19.2 Å². The number of rotatable bonds is 9. The van der Waals surface area contributed by atoms with Crippen molar-refractivity contribution in [3.8, 4) is 0 Å². The molecule has 1 heterocycles. The van der Waals surface area contributed by atoms with Crippen LogP contribution in [0.2, 0.25) is 0 Å². The van der Waals surface area contributed by atoms with Crippen molar-refractivity contribution < 1.29 is 38.1 Å². The van der Waals surface area contributed by atoms with Crippen LogP contribution < -0.4 is 5.43 Å². The zero-order valence-electron chi connectivity index (χ0n) is 14.4. The number of esters is 4. The van der Waals surface area contributed by atoms with Gasteiger partial charge in [-0.25, -0.2) is 24.2 Å². The number of nitrogens with zero attached hydrogens (tertiary/aromatic N) is 1. The van der Waals surface area contributed by atoms with Crippen LogP contribution in [0.5, 0.6) is 0 Å². The van der Waals surface area contributed by atoms with E-state index in [1.165, 1.54) is 14.2 Å². The van der Waals surface area contributed by atoms with Crippen LogP contribution in [0, 0.1) is 0 Å². The monoisotopic (exact) mass is 368 g/mol. The minimum absolute atomic E-state index is 0.221. The highest BCUT2D eigenvalue weighted by Crippen LogP contribution is 2.02. The zero-order valence-corrected chi connectivity index (χ0v) is 14.4. The van der Waals surface area contributed by atoms with Gasteiger partial charge in [-0.3, -0.25) is 0 Å². The summed E-state index contributed by atoms with van der Waals surface area (Å²) in [6.45, 7) is 0.543. The molecule has 142 valence electrons. The molecule has 1 unspecified atom stereocenters. The Morgan fingerprint density at radius 2 is 1.58 bits per heavy atom. The summed E-state index contributed by atoms with van der Waals surface area (Å²) in [5, 5.41) is 1.72. The summed E-state index contributed by atoms with van der Waals surface area (Å²) in [4.78, 5) is 45.2. The Kier molecular flexibility index (Phi) is 9.18. The summed E-state index contributed by atoms with van der Waals surface area (Å²) in [5.41, 5.74) is 2.91. The fourth-order valence-electron chi connectivity index (χ4n) is 1.72. The molecule has 0 radical (unpaired) electrons. The number of carbonyl (C=O) groups is 4. The van der Waals surface area contributed by atoms with Crippen LogP contribution in [0.1, 0.15) is 0 Å². The normalized spacial score (nSPS) is 14.8. The quantitative estimate of drug-likeness (QED) is 0.316. The number of methoxy groups -OCH3 is 2. The summed E-state index contributed by atoms with van der Waals surface area (Å²) in [7, 11) is 2.35. The van der Waals surface area contributed by atoms with Gasteiger partial charge in [0.1, 0.15) is 6.61 Å². The number of hydrazine groups is 1. The summed E-state index contributed by atoms with van der Waals surface area (Å²) in [6, 6.07) is 0. The van der Waals surface area contributed by atoms with Gasteiger partial charge in [0.25, 0.3) is 0 Å². The first-order valence-electron chi connectivity index (χ1n) is 7.50. The van der Waals surface area contributed by atoms with E-state index < -0.39 is 30.0 Å². The van der Waals surface area contributed by atoms with Gasteiger partial charge in [-0.05, 0) is 0 Å². The molecule has 10 heteroatoms. The van der Waals surface area contributed by atoms with Crippen molar-refractivity contribution in [3.63, 3.8) is 0 Å². The van der Waals surface area contributed by atoms with Crippen molar-refractivity contribution >= 4 is 23.9 Å². The summed E-state index contributed by atoms with van der Waals surface area (Å²) >= 11 is 0. The van der Waals surface area contributed by atoms with Crippen LogP contribution in [-0.4, -0.2) is 68.9 Å². The van der Waals surface area contributed by atoms with Gasteiger partial charge in [-0.2, -0.15) is 0 Å². The first kappa shape index (κ1) is 20.9. The van der Waals surface area contributed by atoms with Gasteiger partial charge in [-0.15, -0.1) is 0 Å². The molecule has 0 spiro atoms. The molecule has 26 heavy (non-hydrogen) atoms. The Labute approximate surface area is 150 Å². The van der Waals surface area contributed by atoms with Gasteiger partial charge in [0.05, 0.1) is 20.8 Å². The Morgan fingerprint density at radius 3 is 2.12 bits per heavy atom. The second-order valence-electron chi connectivity index (χ2n) is 4.84. The molecular weight excluding hydrogens is 348 g/mol. The van der Waals surface area contributed by atoms with Gasteiger partial charge >= 0.3 is 23.9 Å². The lowest BCUT2D eigenvalue weighted by Gasteiger charge is -2.23. The third-order valence-electron chi connectivity index (χ3n) is 2.93. The highest BCUT2D eigenvalue weighted by Gasteiger charge is 2.20. The predicted octanol–water partition coefficient (Wildman–Crippen LogP) is -0.766. The van der Waals surface area contributed by atoms with E-state index in [1.807, 2.05) is 6.08 Å². The molecule has 0 saturated heterocycles. The molecule has 1 N–H and O–H groups in total. The first-order chi connectivity index (χ1) is 12.4. The van der Waals surface area contributed by atoms with Gasteiger partial charge in [-0.1, -0.05) is 6.08 Å². The zero-order chi connectivity index (χ0) is 19.4. The molecule has 0 bridgehead atoms. The van der Waals surface area contributed by atoms with Crippen LogP contribution in [-0.2, 0) is 38.1 Å². The fraction of sp³-hybridized carbons (Fsp3) is 0.375. The molecule has 10 nitrogen and oxygen atoms in total. The molecule has 0 amide bonds. The Morgan fingerprint density at radius 1 is 1.00 bits per heavy atom. The van der Waals surface area contributed by atoms with E-state index in [0.29, 0.717) is 6.54 Å². The van der Waals surface area contributed by atoms with Crippen LogP contribution in [0.4, 0.5) is 0 Å². The average Bonchev–Trinajstić information content (AvgIpc) is 3.14. The third kappa shape index (κ3) is 8.64. The Balaban J connectivity index is 2.57.